The summed E-state index contributed by atoms with van der Waals surface area (Å²) in [6.45, 7) is 0. The molecule has 2 aromatic rings. The molecule has 3 nitrogen and oxygen atoms in total. The Hall–Kier alpha value is -2.76. The van der Waals surface area contributed by atoms with Crippen LogP contribution in [0.2, 0.25) is 0 Å². The first-order valence-electron chi connectivity index (χ1n) is 7.52. The summed E-state index contributed by atoms with van der Waals surface area (Å²) in [6, 6.07) is 4.96. The molecule has 0 unspecified atom stereocenters. The van der Waals surface area contributed by atoms with Gasteiger partial charge in [0.2, 0.25) is 0 Å². The Morgan fingerprint density at radius 1 is 0.690 bits per heavy atom. The highest BCUT2D eigenvalue weighted by atomic mass is 19.4. The molecule has 0 bridgehead atoms. The number of carbonyl (C=O) groups is 1. The van der Waals surface area contributed by atoms with Crippen LogP contribution in [-0.2, 0) is 11.8 Å². The summed E-state index contributed by atoms with van der Waals surface area (Å²) in [5.74, 6) is -0.951. The monoisotopic (exact) mass is 431 g/mol. The Bertz CT molecular complexity index is 852. The number of aliphatic hydroxyl groups is 1. The van der Waals surface area contributed by atoms with E-state index >= 15 is 0 Å². The Labute approximate surface area is 156 Å². The van der Waals surface area contributed by atoms with Crippen molar-refractivity contribution < 1.29 is 49.4 Å². The van der Waals surface area contributed by atoms with Crippen molar-refractivity contribution in [1.82, 2.24) is 0 Å². The van der Waals surface area contributed by atoms with E-state index in [-0.39, 0.29) is 11.3 Å². The number of rotatable bonds is 3. The summed E-state index contributed by atoms with van der Waals surface area (Å²) >= 11 is 0. The summed E-state index contributed by atoms with van der Waals surface area (Å²) in [7, 11) is 0. The zero-order chi connectivity index (χ0) is 22.3. The van der Waals surface area contributed by atoms with E-state index < -0.39 is 41.2 Å². The summed E-state index contributed by atoms with van der Waals surface area (Å²) < 4.78 is 114. The third-order valence-electron chi connectivity index (χ3n) is 3.86. The first-order chi connectivity index (χ1) is 13.1. The maximum absolute atomic E-state index is 12.8. The van der Waals surface area contributed by atoms with Crippen molar-refractivity contribution in [2.24, 2.45) is 0 Å². The normalized spacial score (nSPS) is 13.3. The Kier molecular flexibility index (Phi) is 5.63. The lowest BCUT2D eigenvalue weighted by Crippen LogP contribution is -2.53. The zero-order valence-corrected chi connectivity index (χ0v) is 13.9. The molecule has 0 aliphatic heterocycles. The number of benzene rings is 2. The fourth-order valence-electron chi connectivity index (χ4n) is 2.30. The lowest BCUT2D eigenvalue weighted by atomic mass is 9.92. The number of alkyl halides is 9. The average Bonchev–Trinajstić information content (AvgIpc) is 2.59. The van der Waals surface area contributed by atoms with Crippen molar-refractivity contribution in [3.8, 4) is 0 Å². The number of hydrogen-bond donors (Lipinski definition) is 2. The number of nitrogens with one attached hydrogen (secondary N) is 1. The van der Waals surface area contributed by atoms with Gasteiger partial charge in [0, 0.05) is 16.8 Å². The summed E-state index contributed by atoms with van der Waals surface area (Å²) in [6.07, 6.45) is -16.7. The van der Waals surface area contributed by atoms with E-state index in [9.17, 15) is 49.4 Å². The molecule has 0 heterocycles. The third-order valence-corrected chi connectivity index (χ3v) is 3.86. The molecule has 2 aromatic carbocycles. The van der Waals surface area contributed by atoms with Gasteiger partial charge in [-0.3, -0.25) is 4.79 Å². The first-order valence-corrected chi connectivity index (χ1v) is 7.52. The first kappa shape index (κ1) is 22.5. The number of anilines is 1. The minimum Gasteiger partial charge on any atom is -0.369 e. The molecule has 0 saturated heterocycles. The number of hydrogen-bond acceptors (Lipinski definition) is 2. The smallest absolute Gasteiger partial charge is 0.369 e. The van der Waals surface area contributed by atoms with Crippen LogP contribution in [0.3, 0.4) is 0 Å². The largest absolute Gasteiger partial charge is 0.430 e. The van der Waals surface area contributed by atoms with E-state index in [0.29, 0.717) is 36.4 Å². The molecular formula is C17H10F9NO2. The zero-order valence-electron chi connectivity index (χ0n) is 13.9. The molecule has 0 radical (unpaired) electrons. The fraction of sp³-hybridized carbons (Fsp3) is 0.235. The molecule has 1 amide bonds. The second-order valence-electron chi connectivity index (χ2n) is 5.81. The maximum Gasteiger partial charge on any atom is 0.430 e. The molecule has 29 heavy (non-hydrogen) atoms. The molecule has 2 N–H and O–H groups in total. The summed E-state index contributed by atoms with van der Waals surface area (Å²) in [4.78, 5) is 12.0. The third kappa shape index (κ3) is 4.47. The highest BCUT2D eigenvalue weighted by Gasteiger charge is 2.71. The molecule has 158 valence electrons. The lowest BCUT2D eigenvalue weighted by Gasteiger charge is -2.32. The van der Waals surface area contributed by atoms with Gasteiger partial charge in [-0.1, -0.05) is 12.1 Å². The van der Waals surface area contributed by atoms with Crippen molar-refractivity contribution in [2.75, 3.05) is 5.32 Å². The predicted octanol–water partition coefficient (Wildman–Crippen LogP) is 5.27. The predicted molar refractivity (Wildman–Crippen MR) is 81.8 cm³/mol. The van der Waals surface area contributed by atoms with Crippen molar-refractivity contribution >= 4 is 11.6 Å². The van der Waals surface area contributed by atoms with Crippen molar-refractivity contribution in [1.29, 1.82) is 0 Å². The van der Waals surface area contributed by atoms with Crippen LogP contribution in [0.15, 0.2) is 48.5 Å². The van der Waals surface area contributed by atoms with Gasteiger partial charge in [0.1, 0.15) is 0 Å². The number of carbonyl (C=O) groups excluding carboxylic acids is 1. The van der Waals surface area contributed by atoms with E-state index in [1.165, 1.54) is 0 Å². The lowest BCUT2D eigenvalue weighted by molar-refractivity contribution is -0.376. The number of halogens is 9. The van der Waals surface area contributed by atoms with E-state index in [0.717, 1.165) is 12.1 Å². The molecule has 0 saturated carbocycles. The van der Waals surface area contributed by atoms with Crippen LogP contribution in [0.25, 0.3) is 0 Å². The molecule has 0 spiro atoms. The second-order valence-corrected chi connectivity index (χ2v) is 5.81. The van der Waals surface area contributed by atoms with Crippen molar-refractivity contribution in [2.45, 2.75) is 24.1 Å². The van der Waals surface area contributed by atoms with Crippen molar-refractivity contribution in [3.63, 3.8) is 0 Å². The minimum atomic E-state index is -6.06. The van der Waals surface area contributed by atoms with Crippen LogP contribution in [0.4, 0.5) is 45.2 Å². The Morgan fingerprint density at radius 3 is 1.48 bits per heavy atom. The molecule has 0 aromatic heterocycles. The van der Waals surface area contributed by atoms with Crippen LogP contribution < -0.4 is 5.32 Å². The summed E-state index contributed by atoms with van der Waals surface area (Å²) in [5.41, 5.74) is -8.13. The van der Waals surface area contributed by atoms with Crippen LogP contribution in [0.1, 0.15) is 21.5 Å². The molecule has 0 aliphatic carbocycles. The number of amides is 1. The minimum absolute atomic E-state index is 0.232. The molecule has 0 aliphatic rings. The van der Waals surface area contributed by atoms with Gasteiger partial charge in [0.15, 0.2) is 0 Å². The van der Waals surface area contributed by atoms with Crippen molar-refractivity contribution in [3.05, 3.63) is 65.2 Å². The second kappa shape index (κ2) is 7.25. The van der Waals surface area contributed by atoms with Gasteiger partial charge in [-0.25, -0.2) is 0 Å². The topological polar surface area (TPSA) is 49.3 Å². The van der Waals surface area contributed by atoms with Crippen LogP contribution >= 0.6 is 0 Å². The SMILES string of the molecule is O=C(Nc1ccc(C(O)(C(F)(F)F)C(F)(F)F)cc1)c1ccc(C(F)(F)F)cc1. The van der Waals surface area contributed by atoms with Crippen LogP contribution in [0.5, 0.6) is 0 Å². The molecule has 12 heteroatoms. The van der Waals surface area contributed by atoms with Gasteiger partial charge in [-0.15, -0.1) is 0 Å². The highest BCUT2D eigenvalue weighted by molar-refractivity contribution is 6.04. The Balaban J connectivity index is 2.23. The molecule has 0 atom stereocenters. The van der Waals surface area contributed by atoms with Gasteiger partial charge in [-0.05, 0) is 36.4 Å². The van der Waals surface area contributed by atoms with E-state index in [2.05, 4.69) is 5.32 Å². The molecule has 2 rings (SSSR count). The van der Waals surface area contributed by atoms with Crippen LogP contribution in [-0.4, -0.2) is 23.4 Å². The highest BCUT2D eigenvalue weighted by Crippen LogP contribution is 2.50. The van der Waals surface area contributed by atoms with Gasteiger partial charge >= 0.3 is 18.5 Å². The molecular weight excluding hydrogens is 421 g/mol. The van der Waals surface area contributed by atoms with E-state index in [1.807, 2.05) is 0 Å². The Morgan fingerprint density at radius 2 is 1.10 bits per heavy atom. The average molecular weight is 431 g/mol. The van der Waals surface area contributed by atoms with Gasteiger partial charge in [0.05, 0.1) is 5.56 Å². The van der Waals surface area contributed by atoms with Gasteiger partial charge in [0.25, 0.3) is 11.5 Å². The van der Waals surface area contributed by atoms with E-state index in [1.54, 1.807) is 0 Å². The standard InChI is InChI=1S/C17H10F9NO2/c18-15(19,20)11-3-1-9(2-4-11)13(28)27-12-7-5-10(6-8-12)14(29,16(21,22)23)17(24,25)26/h1-8,29H,(H,27,28). The van der Waals surface area contributed by atoms with E-state index in [4.69, 9.17) is 0 Å². The van der Waals surface area contributed by atoms with Gasteiger partial charge in [-0.2, -0.15) is 39.5 Å². The molecule has 0 fully saturated rings. The van der Waals surface area contributed by atoms with Crippen LogP contribution in [0, 0.1) is 0 Å². The quantitative estimate of drug-likeness (QED) is 0.651. The summed E-state index contributed by atoms with van der Waals surface area (Å²) in [5, 5.41) is 11.4. The maximum atomic E-state index is 12.8. The van der Waals surface area contributed by atoms with Gasteiger partial charge < -0.3 is 10.4 Å². The fourth-order valence-corrected chi connectivity index (χ4v) is 2.30.